The molecule has 0 bridgehead atoms. The molecule has 0 unspecified atom stereocenters. The van der Waals surface area contributed by atoms with Crippen LogP contribution in [0, 0.1) is 0 Å². The topological polar surface area (TPSA) is 95.5 Å². The molecule has 204 valence electrons. The number of carbonyl (C=O) groups is 2. The van der Waals surface area contributed by atoms with Gasteiger partial charge in [0.1, 0.15) is 18.1 Å². The van der Waals surface area contributed by atoms with Crippen molar-refractivity contribution in [2.24, 2.45) is 5.10 Å². The molecule has 0 fully saturated rings. The number of methoxy groups -OCH3 is 2. The summed E-state index contributed by atoms with van der Waals surface area (Å²) >= 11 is 9.30. The minimum Gasteiger partial charge on any atom is -0.493 e. The Morgan fingerprint density at radius 1 is 0.850 bits per heavy atom. The minimum absolute atomic E-state index is 0.253. The molecule has 0 saturated carbocycles. The molecule has 4 rings (SSSR count). The van der Waals surface area contributed by atoms with Crippen molar-refractivity contribution in [3.63, 3.8) is 0 Å². The van der Waals surface area contributed by atoms with Gasteiger partial charge in [0, 0.05) is 20.6 Å². The largest absolute Gasteiger partial charge is 0.493 e. The van der Waals surface area contributed by atoms with Gasteiger partial charge in [-0.3, -0.25) is 4.79 Å². The summed E-state index contributed by atoms with van der Waals surface area (Å²) in [7, 11) is 2.99. The average Bonchev–Trinajstić information content (AvgIpc) is 2.98. The lowest BCUT2D eigenvalue weighted by molar-refractivity contribution is 0.0733. The number of ether oxygens (including phenoxy) is 4. The Morgan fingerprint density at radius 2 is 1.52 bits per heavy atom. The van der Waals surface area contributed by atoms with Crippen LogP contribution in [-0.2, 0) is 6.61 Å². The third-order valence-corrected chi connectivity index (χ3v) is 6.34. The van der Waals surface area contributed by atoms with E-state index < -0.39 is 11.9 Å². The molecular weight excluding hydrogens is 600 g/mol. The van der Waals surface area contributed by atoms with Crippen LogP contribution in [0.5, 0.6) is 23.0 Å². The first-order valence-corrected chi connectivity index (χ1v) is 13.1. The van der Waals surface area contributed by atoms with Crippen molar-refractivity contribution in [1.82, 2.24) is 5.43 Å². The standard InChI is InChI=1S/C30H24BrClN2O6/c1-37-27-13-7-21(16-28(27)38-2)30(36)40-26-14-8-23(31)15-22(26)17-33-34-29(35)20-5-11-25(12-6-20)39-18-19-3-9-24(32)10-4-19/h3-17H,18H2,1-2H3,(H,34,35)/b33-17-. The monoisotopic (exact) mass is 622 g/mol. The summed E-state index contributed by atoms with van der Waals surface area (Å²) in [5, 5.41) is 4.70. The van der Waals surface area contributed by atoms with Crippen LogP contribution in [0.25, 0.3) is 0 Å². The number of amides is 1. The van der Waals surface area contributed by atoms with Gasteiger partial charge in [-0.2, -0.15) is 5.10 Å². The summed E-state index contributed by atoms with van der Waals surface area (Å²) in [6.07, 6.45) is 1.39. The highest BCUT2D eigenvalue weighted by molar-refractivity contribution is 9.10. The summed E-state index contributed by atoms with van der Waals surface area (Å²) in [6.45, 7) is 0.374. The molecule has 0 saturated heterocycles. The smallest absolute Gasteiger partial charge is 0.343 e. The highest BCUT2D eigenvalue weighted by atomic mass is 79.9. The van der Waals surface area contributed by atoms with E-state index in [1.165, 1.54) is 26.5 Å². The summed E-state index contributed by atoms with van der Waals surface area (Å²) in [6, 6.07) is 23.8. The molecule has 0 aromatic heterocycles. The maximum atomic E-state index is 12.8. The molecule has 0 aliphatic rings. The van der Waals surface area contributed by atoms with Crippen LogP contribution in [0.4, 0.5) is 0 Å². The zero-order valence-corrected chi connectivity index (χ0v) is 23.9. The van der Waals surface area contributed by atoms with Crippen molar-refractivity contribution in [3.8, 4) is 23.0 Å². The Kier molecular flexibility index (Phi) is 9.77. The first-order valence-electron chi connectivity index (χ1n) is 11.9. The third-order valence-electron chi connectivity index (χ3n) is 5.60. The SMILES string of the molecule is COc1ccc(C(=O)Oc2ccc(Br)cc2/C=N\NC(=O)c2ccc(OCc3ccc(Cl)cc3)cc2)cc1OC. The number of carbonyl (C=O) groups excluding carboxylic acids is 2. The predicted molar refractivity (Wildman–Crippen MR) is 156 cm³/mol. The van der Waals surface area contributed by atoms with Gasteiger partial charge in [0.2, 0.25) is 0 Å². The van der Waals surface area contributed by atoms with E-state index in [0.29, 0.717) is 40.0 Å². The van der Waals surface area contributed by atoms with Gasteiger partial charge in [0.05, 0.1) is 26.0 Å². The van der Waals surface area contributed by atoms with Crippen LogP contribution in [0.1, 0.15) is 31.8 Å². The average molecular weight is 624 g/mol. The first-order chi connectivity index (χ1) is 19.4. The number of hydrogen-bond acceptors (Lipinski definition) is 7. The van der Waals surface area contributed by atoms with E-state index in [0.717, 1.165) is 10.0 Å². The molecule has 10 heteroatoms. The van der Waals surface area contributed by atoms with Crippen molar-refractivity contribution < 1.29 is 28.5 Å². The molecule has 0 spiro atoms. The van der Waals surface area contributed by atoms with Crippen molar-refractivity contribution in [2.45, 2.75) is 6.61 Å². The van der Waals surface area contributed by atoms with E-state index in [-0.39, 0.29) is 11.3 Å². The van der Waals surface area contributed by atoms with Gasteiger partial charge in [0.15, 0.2) is 11.5 Å². The lowest BCUT2D eigenvalue weighted by atomic mass is 10.2. The number of rotatable bonds is 10. The van der Waals surface area contributed by atoms with Gasteiger partial charge >= 0.3 is 5.97 Å². The number of esters is 1. The second-order valence-electron chi connectivity index (χ2n) is 8.28. The van der Waals surface area contributed by atoms with Crippen molar-refractivity contribution in [1.29, 1.82) is 0 Å². The van der Waals surface area contributed by atoms with E-state index in [1.807, 2.05) is 12.1 Å². The van der Waals surface area contributed by atoms with Gasteiger partial charge in [-0.25, -0.2) is 10.2 Å². The van der Waals surface area contributed by atoms with E-state index in [2.05, 4.69) is 26.5 Å². The Hall–Kier alpha value is -4.34. The second-order valence-corrected chi connectivity index (χ2v) is 9.63. The molecule has 40 heavy (non-hydrogen) atoms. The molecule has 1 amide bonds. The Balaban J connectivity index is 1.38. The normalized spacial score (nSPS) is 10.7. The number of hydrogen-bond donors (Lipinski definition) is 1. The highest BCUT2D eigenvalue weighted by Gasteiger charge is 2.15. The molecule has 0 heterocycles. The maximum absolute atomic E-state index is 12.8. The predicted octanol–water partition coefficient (Wildman–Crippen LogP) is 6.68. The van der Waals surface area contributed by atoms with Crippen LogP contribution < -0.4 is 24.4 Å². The second kappa shape index (κ2) is 13.6. The van der Waals surface area contributed by atoms with Gasteiger partial charge in [-0.15, -0.1) is 0 Å². The van der Waals surface area contributed by atoms with Crippen molar-refractivity contribution >= 4 is 45.6 Å². The van der Waals surface area contributed by atoms with Gasteiger partial charge in [-0.05, 0) is 78.4 Å². The summed E-state index contributed by atoms with van der Waals surface area (Å²) < 4.78 is 22.6. The number of hydrazone groups is 1. The summed E-state index contributed by atoms with van der Waals surface area (Å²) in [4.78, 5) is 25.4. The molecule has 0 aliphatic heterocycles. The maximum Gasteiger partial charge on any atom is 0.343 e. The molecule has 0 aliphatic carbocycles. The van der Waals surface area contributed by atoms with Crippen LogP contribution in [-0.4, -0.2) is 32.3 Å². The fourth-order valence-electron chi connectivity index (χ4n) is 3.51. The number of nitrogens with zero attached hydrogens (tertiary/aromatic N) is 1. The molecule has 8 nitrogen and oxygen atoms in total. The summed E-state index contributed by atoms with van der Waals surface area (Å²) in [5.41, 5.74) is 4.59. The molecular formula is C30H24BrClN2O6. The van der Waals surface area contributed by atoms with Crippen LogP contribution in [0.3, 0.4) is 0 Å². The van der Waals surface area contributed by atoms with Crippen LogP contribution in [0.15, 0.2) is 94.5 Å². The fourth-order valence-corrected chi connectivity index (χ4v) is 4.01. The fraction of sp³-hybridized carbons (Fsp3) is 0.100. The van der Waals surface area contributed by atoms with Gasteiger partial charge in [0.25, 0.3) is 5.91 Å². The molecule has 0 atom stereocenters. The zero-order chi connectivity index (χ0) is 28.5. The molecule has 4 aromatic rings. The van der Waals surface area contributed by atoms with Gasteiger partial charge < -0.3 is 18.9 Å². The van der Waals surface area contributed by atoms with Crippen LogP contribution >= 0.6 is 27.5 Å². The third kappa shape index (κ3) is 7.62. The Morgan fingerprint density at radius 3 is 2.23 bits per heavy atom. The lowest BCUT2D eigenvalue weighted by Gasteiger charge is -2.11. The molecule has 0 radical (unpaired) electrons. The summed E-state index contributed by atoms with van der Waals surface area (Å²) in [5.74, 6) is 0.748. The quantitative estimate of drug-likeness (QED) is 0.0916. The first kappa shape index (κ1) is 28.7. The molecule has 4 aromatic carbocycles. The Labute approximate surface area is 244 Å². The number of nitrogens with one attached hydrogen (secondary N) is 1. The Bertz CT molecular complexity index is 1520. The van der Waals surface area contributed by atoms with Gasteiger partial charge in [-0.1, -0.05) is 39.7 Å². The van der Waals surface area contributed by atoms with Crippen molar-refractivity contribution in [3.05, 3.63) is 117 Å². The van der Waals surface area contributed by atoms with E-state index >= 15 is 0 Å². The van der Waals surface area contributed by atoms with Crippen LogP contribution in [0.2, 0.25) is 5.02 Å². The van der Waals surface area contributed by atoms with E-state index in [4.69, 9.17) is 30.5 Å². The van der Waals surface area contributed by atoms with E-state index in [9.17, 15) is 9.59 Å². The molecule has 1 N–H and O–H groups in total. The van der Waals surface area contributed by atoms with E-state index in [1.54, 1.807) is 66.7 Å². The zero-order valence-electron chi connectivity index (χ0n) is 21.5. The highest BCUT2D eigenvalue weighted by Crippen LogP contribution is 2.29. The lowest BCUT2D eigenvalue weighted by Crippen LogP contribution is -2.17. The number of benzene rings is 4. The number of halogens is 2. The van der Waals surface area contributed by atoms with Crippen molar-refractivity contribution in [2.75, 3.05) is 14.2 Å². The minimum atomic E-state index is -0.597.